The number of hydrogen-bond donors (Lipinski definition) is 1. The molecule has 2 rings (SSSR count). The Labute approximate surface area is 93.3 Å². The summed E-state index contributed by atoms with van der Waals surface area (Å²) in [6, 6.07) is 12.5. The molecule has 1 N–H and O–H groups in total. The Bertz CT molecular complexity index is 463. The van der Waals surface area contributed by atoms with E-state index in [0.29, 0.717) is 0 Å². The van der Waals surface area contributed by atoms with Gasteiger partial charge in [0.25, 0.3) is 0 Å². The standard InChI is InChI=1S/C12H12N2S/c1-2-10(8-13)15-12-7-9-5-3-4-6-11(9)14-12/h3-7,10,14H,2H2,1H3. The number of benzene rings is 1. The Balaban J connectivity index is 2.26. The molecule has 0 saturated heterocycles. The number of nitrogens with zero attached hydrogens (tertiary/aromatic N) is 1. The summed E-state index contributed by atoms with van der Waals surface area (Å²) >= 11 is 1.60. The van der Waals surface area contributed by atoms with Gasteiger partial charge in [0.2, 0.25) is 0 Å². The molecule has 1 heterocycles. The van der Waals surface area contributed by atoms with E-state index in [0.717, 1.165) is 17.0 Å². The first-order chi connectivity index (χ1) is 7.33. The Morgan fingerprint density at radius 1 is 1.47 bits per heavy atom. The van der Waals surface area contributed by atoms with E-state index in [4.69, 9.17) is 5.26 Å². The van der Waals surface area contributed by atoms with Gasteiger partial charge in [-0.1, -0.05) is 36.9 Å². The van der Waals surface area contributed by atoms with Crippen LogP contribution < -0.4 is 0 Å². The van der Waals surface area contributed by atoms with Crippen LogP contribution in [0.2, 0.25) is 0 Å². The first kappa shape index (κ1) is 10.1. The Kier molecular flexibility index (Phi) is 2.98. The number of H-pyrrole nitrogens is 1. The number of fused-ring (bicyclic) bond motifs is 1. The maximum Gasteiger partial charge on any atom is 0.0975 e. The van der Waals surface area contributed by atoms with E-state index in [9.17, 15) is 0 Å². The predicted molar refractivity (Wildman–Crippen MR) is 63.8 cm³/mol. The number of aromatic nitrogens is 1. The average Bonchev–Trinajstić information content (AvgIpc) is 2.68. The monoisotopic (exact) mass is 216 g/mol. The Morgan fingerprint density at radius 2 is 2.27 bits per heavy atom. The molecule has 0 fully saturated rings. The molecule has 1 atom stereocenters. The van der Waals surface area contributed by atoms with Crippen LogP contribution in [0.1, 0.15) is 13.3 Å². The van der Waals surface area contributed by atoms with Gasteiger partial charge in [-0.05, 0) is 18.6 Å². The lowest BCUT2D eigenvalue weighted by Crippen LogP contribution is -1.94. The van der Waals surface area contributed by atoms with Crippen LogP contribution in [0.3, 0.4) is 0 Å². The second-order valence-electron chi connectivity index (χ2n) is 3.36. The average molecular weight is 216 g/mol. The molecule has 1 aromatic carbocycles. The van der Waals surface area contributed by atoms with Crippen LogP contribution in [-0.4, -0.2) is 10.2 Å². The van der Waals surface area contributed by atoms with Gasteiger partial charge in [0, 0.05) is 10.9 Å². The lowest BCUT2D eigenvalue weighted by molar-refractivity contribution is 0.981. The highest BCUT2D eigenvalue weighted by atomic mass is 32.2. The van der Waals surface area contributed by atoms with Gasteiger partial charge in [0.1, 0.15) is 0 Å². The van der Waals surface area contributed by atoms with Gasteiger partial charge >= 0.3 is 0 Å². The van der Waals surface area contributed by atoms with Gasteiger partial charge in [-0.2, -0.15) is 5.26 Å². The zero-order valence-corrected chi connectivity index (χ0v) is 9.34. The highest BCUT2D eigenvalue weighted by Gasteiger charge is 2.08. The number of aromatic amines is 1. The van der Waals surface area contributed by atoms with Gasteiger partial charge < -0.3 is 4.98 Å². The zero-order valence-electron chi connectivity index (χ0n) is 8.53. The molecule has 3 heteroatoms. The van der Waals surface area contributed by atoms with Crippen molar-refractivity contribution in [2.45, 2.75) is 23.6 Å². The fraction of sp³-hybridized carbons (Fsp3) is 0.250. The molecule has 0 spiro atoms. The van der Waals surface area contributed by atoms with Gasteiger partial charge in [-0.3, -0.25) is 0 Å². The molecule has 76 valence electrons. The third-order valence-electron chi connectivity index (χ3n) is 2.29. The second kappa shape index (κ2) is 4.41. The molecule has 0 aliphatic carbocycles. The quantitative estimate of drug-likeness (QED) is 0.797. The second-order valence-corrected chi connectivity index (χ2v) is 4.61. The van der Waals surface area contributed by atoms with Gasteiger partial charge in [-0.15, -0.1) is 0 Å². The van der Waals surface area contributed by atoms with Crippen molar-refractivity contribution in [3.63, 3.8) is 0 Å². The molecular formula is C12H12N2S. The van der Waals surface area contributed by atoms with E-state index in [-0.39, 0.29) is 5.25 Å². The minimum Gasteiger partial charge on any atom is -0.350 e. The number of nitriles is 1. The van der Waals surface area contributed by atoms with E-state index < -0.39 is 0 Å². The molecule has 2 nitrogen and oxygen atoms in total. The molecular weight excluding hydrogens is 204 g/mol. The maximum atomic E-state index is 8.88. The topological polar surface area (TPSA) is 39.6 Å². The number of hydrogen-bond acceptors (Lipinski definition) is 2. The van der Waals surface area contributed by atoms with Crippen molar-refractivity contribution >= 4 is 22.7 Å². The highest BCUT2D eigenvalue weighted by Crippen LogP contribution is 2.27. The smallest absolute Gasteiger partial charge is 0.0975 e. The summed E-state index contributed by atoms with van der Waals surface area (Å²) in [7, 11) is 0. The molecule has 2 aromatic rings. The summed E-state index contributed by atoms with van der Waals surface area (Å²) in [5.41, 5.74) is 1.13. The van der Waals surface area contributed by atoms with Crippen LogP contribution in [0.25, 0.3) is 10.9 Å². The third kappa shape index (κ3) is 2.16. The fourth-order valence-electron chi connectivity index (χ4n) is 1.46. The summed E-state index contributed by atoms with van der Waals surface area (Å²) in [4.78, 5) is 3.31. The van der Waals surface area contributed by atoms with Crippen LogP contribution in [0.15, 0.2) is 35.4 Å². The summed E-state index contributed by atoms with van der Waals surface area (Å²) in [6.45, 7) is 2.03. The van der Waals surface area contributed by atoms with E-state index in [1.807, 2.05) is 25.1 Å². The maximum absolute atomic E-state index is 8.88. The molecule has 1 aromatic heterocycles. The fourth-order valence-corrected chi connectivity index (χ4v) is 2.35. The van der Waals surface area contributed by atoms with Crippen molar-refractivity contribution in [3.8, 4) is 6.07 Å². The normalized spacial score (nSPS) is 12.5. The Hall–Kier alpha value is -1.40. The minimum absolute atomic E-state index is 0.0399. The Morgan fingerprint density at radius 3 is 2.93 bits per heavy atom. The van der Waals surface area contributed by atoms with E-state index in [1.165, 1.54) is 5.39 Å². The molecule has 0 saturated carbocycles. The van der Waals surface area contributed by atoms with Crippen LogP contribution >= 0.6 is 11.8 Å². The number of rotatable bonds is 3. The SMILES string of the molecule is CCC(C#N)Sc1cc2ccccc2[nH]1. The van der Waals surface area contributed by atoms with Crippen molar-refractivity contribution in [1.82, 2.24) is 4.98 Å². The predicted octanol–water partition coefficient (Wildman–Crippen LogP) is 3.56. The number of thioether (sulfide) groups is 1. The van der Waals surface area contributed by atoms with Crippen molar-refractivity contribution in [2.24, 2.45) is 0 Å². The van der Waals surface area contributed by atoms with Gasteiger partial charge in [-0.25, -0.2) is 0 Å². The van der Waals surface area contributed by atoms with Crippen molar-refractivity contribution < 1.29 is 0 Å². The first-order valence-electron chi connectivity index (χ1n) is 4.97. The minimum atomic E-state index is 0.0399. The molecule has 1 unspecified atom stereocenters. The lowest BCUT2D eigenvalue weighted by Gasteiger charge is -2.01. The summed E-state index contributed by atoms with van der Waals surface area (Å²) in [5, 5.41) is 11.2. The van der Waals surface area contributed by atoms with Crippen LogP contribution in [-0.2, 0) is 0 Å². The molecule has 0 radical (unpaired) electrons. The van der Waals surface area contributed by atoms with E-state index >= 15 is 0 Å². The third-order valence-corrected chi connectivity index (χ3v) is 3.49. The van der Waals surface area contributed by atoms with Crippen molar-refractivity contribution in [3.05, 3.63) is 30.3 Å². The largest absolute Gasteiger partial charge is 0.350 e. The lowest BCUT2D eigenvalue weighted by atomic mass is 10.3. The number of para-hydroxylation sites is 1. The van der Waals surface area contributed by atoms with Gasteiger partial charge in [0.15, 0.2) is 0 Å². The number of nitrogens with one attached hydrogen (secondary N) is 1. The first-order valence-corrected chi connectivity index (χ1v) is 5.85. The highest BCUT2D eigenvalue weighted by molar-refractivity contribution is 8.00. The van der Waals surface area contributed by atoms with Crippen LogP contribution in [0, 0.1) is 11.3 Å². The van der Waals surface area contributed by atoms with Crippen molar-refractivity contribution in [2.75, 3.05) is 0 Å². The van der Waals surface area contributed by atoms with Gasteiger partial charge in [0.05, 0.1) is 16.3 Å². The molecule has 0 bridgehead atoms. The zero-order chi connectivity index (χ0) is 10.7. The van der Waals surface area contributed by atoms with E-state index in [1.54, 1.807) is 11.8 Å². The molecule has 15 heavy (non-hydrogen) atoms. The summed E-state index contributed by atoms with van der Waals surface area (Å²) in [5.74, 6) is 0. The van der Waals surface area contributed by atoms with E-state index in [2.05, 4.69) is 23.2 Å². The van der Waals surface area contributed by atoms with Crippen molar-refractivity contribution in [1.29, 1.82) is 5.26 Å². The summed E-state index contributed by atoms with van der Waals surface area (Å²) < 4.78 is 0. The molecule has 0 aliphatic rings. The van der Waals surface area contributed by atoms with Crippen LogP contribution in [0.4, 0.5) is 0 Å². The molecule has 0 aliphatic heterocycles. The molecule has 0 amide bonds. The summed E-state index contributed by atoms with van der Waals surface area (Å²) in [6.07, 6.45) is 0.872. The van der Waals surface area contributed by atoms with Crippen LogP contribution in [0.5, 0.6) is 0 Å².